The number of aliphatic hydroxyl groups excluding tert-OH is 1. The molecule has 0 aromatic heterocycles. The molecule has 15 heavy (non-hydrogen) atoms. The first-order chi connectivity index (χ1) is 7.06. The zero-order valence-electron chi connectivity index (χ0n) is 9.10. The molecule has 1 N–H and O–H groups in total. The van der Waals surface area contributed by atoms with Crippen molar-refractivity contribution in [3.63, 3.8) is 0 Å². The summed E-state index contributed by atoms with van der Waals surface area (Å²) in [5.74, 6) is -1.31. The predicted octanol–water partition coefficient (Wildman–Crippen LogP) is -0.221. The number of piperidine rings is 1. The summed E-state index contributed by atoms with van der Waals surface area (Å²) in [4.78, 5) is 24.0. The Balaban J connectivity index is 2.51. The number of ether oxygens (including phenoxy) is 1. The number of hydrogen-bond donors (Lipinski definition) is 1. The second-order valence-corrected chi connectivity index (χ2v) is 3.80. The van der Waals surface area contributed by atoms with Crippen LogP contribution in [0.1, 0.15) is 20.3 Å². The van der Waals surface area contributed by atoms with Gasteiger partial charge in [0.2, 0.25) is 0 Å². The monoisotopic (exact) mass is 215 g/mol. The van der Waals surface area contributed by atoms with Crippen molar-refractivity contribution in [3.05, 3.63) is 0 Å². The highest BCUT2D eigenvalue weighted by Crippen LogP contribution is 2.16. The third kappa shape index (κ3) is 2.92. The quantitative estimate of drug-likeness (QED) is 0.485. The number of rotatable bonds is 1. The first kappa shape index (κ1) is 12.0. The summed E-state index contributed by atoms with van der Waals surface area (Å²) in [6.07, 6.45) is 0.170. The van der Waals surface area contributed by atoms with Crippen LogP contribution in [0, 0.1) is 5.92 Å². The van der Waals surface area contributed by atoms with E-state index in [0.29, 0.717) is 13.0 Å². The largest absolute Gasteiger partial charge is 0.459 e. The molecule has 5 heteroatoms. The maximum absolute atomic E-state index is 11.5. The molecule has 0 aromatic rings. The van der Waals surface area contributed by atoms with Crippen molar-refractivity contribution in [1.82, 2.24) is 4.90 Å². The lowest BCUT2D eigenvalue weighted by Gasteiger charge is -2.33. The predicted molar refractivity (Wildman–Crippen MR) is 53.0 cm³/mol. The highest BCUT2D eigenvalue weighted by molar-refractivity contribution is 6.32. The summed E-state index contributed by atoms with van der Waals surface area (Å²) in [5.41, 5.74) is 0. The van der Waals surface area contributed by atoms with Crippen LogP contribution >= 0.6 is 0 Å². The van der Waals surface area contributed by atoms with Gasteiger partial charge < -0.3 is 14.7 Å². The van der Waals surface area contributed by atoms with Crippen molar-refractivity contribution in [1.29, 1.82) is 0 Å². The molecule has 0 radical (unpaired) electrons. The Morgan fingerprint density at radius 1 is 1.53 bits per heavy atom. The van der Waals surface area contributed by atoms with Crippen molar-refractivity contribution in [3.8, 4) is 0 Å². The number of β-amino-alcohol motifs (C(OH)–C–C–N with tert-alkyl or cyclic N) is 1. The molecule has 5 nitrogen and oxygen atoms in total. The van der Waals surface area contributed by atoms with E-state index < -0.39 is 18.0 Å². The zero-order chi connectivity index (χ0) is 11.4. The van der Waals surface area contributed by atoms with Gasteiger partial charge in [-0.1, -0.05) is 6.92 Å². The lowest BCUT2D eigenvalue weighted by atomic mass is 9.96. The topological polar surface area (TPSA) is 66.8 Å². The number of likely N-dealkylation sites (tertiary alicyclic amines) is 1. The van der Waals surface area contributed by atoms with Gasteiger partial charge in [0.1, 0.15) is 0 Å². The van der Waals surface area contributed by atoms with Crippen LogP contribution in [0.25, 0.3) is 0 Å². The molecule has 0 saturated carbocycles. The van der Waals surface area contributed by atoms with Gasteiger partial charge in [0.05, 0.1) is 12.7 Å². The number of nitrogens with zero attached hydrogens (tertiary/aromatic N) is 1. The third-order valence-electron chi connectivity index (χ3n) is 2.66. The second kappa shape index (κ2) is 5.11. The van der Waals surface area contributed by atoms with E-state index in [-0.39, 0.29) is 19.1 Å². The van der Waals surface area contributed by atoms with Crippen LogP contribution in [0.3, 0.4) is 0 Å². The molecule has 1 aliphatic heterocycles. The van der Waals surface area contributed by atoms with Gasteiger partial charge in [-0.3, -0.25) is 4.79 Å². The van der Waals surface area contributed by atoms with Gasteiger partial charge in [-0.15, -0.1) is 0 Å². The van der Waals surface area contributed by atoms with E-state index in [9.17, 15) is 14.7 Å². The fraction of sp³-hybridized carbons (Fsp3) is 0.800. The lowest BCUT2D eigenvalue weighted by molar-refractivity contribution is -0.161. The maximum Gasteiger partial charge on any atom is 0.397 e. The minimum Gasteiger partial charge on any atom is -0.459 e. The van der Waals surface area contributed by atoms with Crippen LogP contribution in [0.15, 0.2) is 0 Å². The Kier molecular flexibility index (Phi) is 4.08. The van der Waals surface area contributed by atoms with E-state index in [2.05, 4.69) is 4.74 Å². The number of esters is 1. The van der Waals surface area contributed by atoms with E-state index in [0.717, 1.165) is 0 Å². The average Bonchev–Trinajstić information content (AvgIpc) is 2.21. The first-order valence-electron chi connectivity index (χ1n) is 5.20. The highest BCUT2D eigenvalue weighted by atomic mass is 16.5. The highest BCUT2D eigenvalue weighted by Gasteiger charge is 2.31. The molecule has 0 aromatic carbocycles. The van der Waals surface area contributed by atoms with Gasteiger partial charge in [-0.2, -0.15) is 0 Å². The van der Waals surface area contributed by atoms with Gasteiger partial charge in [0.25, 0.3) is 0 Å². The molecule has 1 amide bonds. The molecule has 0 bridgehead atoms. The molecule has 1 heterocycles. The summed E-state index contributed by atoms with van der Waals surface area (Å²) in [7, 11) is 0. The molecule has 0 spiro atoms. The van der Waals surface area contributed by atoms with E-state index in [1.807, 2.05) is 6.92 Å². The van der Waals surface area contributed by atoms with Crippen LogP contribution in [-0.2, 0) is 14.3 Å². The Morgan fingerprint density at radius 2 is 2.20 bits per heavy atom. The Hall–Kier alpha value is -1.10. The molecule has 1 aliphatic rings. The number of hydrogen-bond acceptors (Lipinski definition) is 4. The summed E-state index contributed by atoms with van der Waals surface area (Å²) < 4.78 is 4.61. The third-order valence-corrected chi connectivity index (χ3v) is 2.66. The summed E-state index contributed by atoms with van der Waals surface area (Å²) in [6, 6.07) is 0. The Labute approximate surface area is 89.0 Å². The van der Waals surface area contributed by atoms with E-state index in [1.165, 1.54) is 4.90 Å². The molecule has 1 fully saturated rings. The molecular formula is C10H17NO4. The number of carbonyl (C=O) groups excluding carboxylic acids is 2. The smallest absolute Gasteiger partial charge is 0.397 e. The van der Waals surface area contributed by atoms with Gasteiger partial charge in [-0.05, 0) is 19.3 Å². The van der Waals surface area contributed by atoms with Crippen LogP contribution in [-0.4, -0.2) is 47.7 Å². The van der Waals surface area contributed by atoms with Crippen LogP contribution in [0.5, 0.6) is 0 Å². The fourth-order valence-electron chi connectivity index (χ4n) is 1.56. The van der Waals surface area contributed by atoms with E-state index in [1.54, 1.807) is 6.92 Å². The maximum atomic E-state index is 11.5. The summed E-state index contributed by atoms with van der Waals surface area (Å²) in [6.45, 7) is 4.50. The van der Waals surface area contributed by atoms with Crippen LogP contribution in [0.2, 0.25) is 0 Å². The second-order valence-electron chi connectivity index (χ2n) is 3.80. The minimum absolute atomic E-state index is 0.177. The number of amides is 1. The Morgan fingerprint density at radius 3 is 2.73 bits per heavy atom. The van der Waals surface area contributed by atoms with Gasteiger partial charge in [0, 0.05) is 13.1 Å². The fourth-order valence-corrected chi connectivity index (χ4v) is 1.56. The average molecular weight is 215 g/mol. The molecule has 1 rings (SSSR count). The molecule has 1 saturated heterocycles. The zero-order valence-corrected chi connectivity index (χ0v) is 9.10. The van der Waals surface area contributed by atoms with Gasteiger partial charge in [0.15, 0.2) is 0 Å². The first-order valence-corrected chi connectivity index (χ1v) is 5.20. The van der Waals surface area contributed by atoms with Gasteiger partial charge in [-0.25, -0.2) is 4.79 Å². The summed E-state index contributed by atoms with van der Waals surface area (Å²) >= 11 is 0. The molecule has 2 unspecified atom stereocenters. The van der Waals surface area contributed by atoms with Crippen molar-refractivity contribution in [2.45, 2.75) is 26.4 Å². The van der Waals surface area contributed by atoms with Gasteiger partial charge >= 0.3 is 11.9 Å². The standard InChI is InChI=1S/C10H17NO4/c1-3-15-10(14)9(13)11-5-4-7(2)8(12)6-11/h7-8,12H,3-6H2,1-2H3. The Bertz CT molecular complexity index is 254. The van der Waals surface area contributed by atoms with Crippen LogP contribution in [0.4, 0.5) is 0 Å². The lowest BCUT2D eigenvalue weighted by Crippen LogP contribution is -2.48. The van der Waals surface area contributed by atoms with Crippen molar-refractivity contribution >= 4 is 11.9 Å². The van der Waals surface area contributed by atoms with Crippen LogP contribution < -0.4 is 0 Å². The van der Waals surface area contributed by atoms with E-state index >= 15 is 0 Å². The molecule has 86 valence electrons. The number of carbonyl (C=O) groups is 2. The molecule has 2 atom stereocenters. The van der Waals surface area contributed by atoms with Crippen molar-refractivity contribution < 1.29 is 19.4 Å². The number of aliphatic hydroxyl groups is 1. The van der Waals surface area contributed by atoms with Crippen molar-refractivity contribution in [2.24, 2.45) is 5.92 Å². The summed E-state index contributed by atoms with van der Waals surface area (Å²) in [5, 5.41) is 9.56. The molecule has 0 aliphatic carbocycles. The van der Waals surface area contributed by atoms with E-state index in [4.69, 9.17) is 0 Å². The van der Waals surface area contributed by atoms with Crippen molar-refractivity contribution in [2.75, 3.05) is 19.7 Å². The minimum atomic E-state index is -0.834. The molecular weight excluding hydrogens is 198 g/mol. The normalized spacial score (nSPS) is 26.2. The SMILES string of the molecule is CCOC(=O)C(=O)N1CCC(C)C(O)C1.